The highest BCUT2D eigenvalue weighted by atomic mass is 32.1. The Labute approximate surface area is 160 Å². The Morgan fingerprint density at radius 2 is 1.93 bits per heavy atom. The highest BCUT2D eigenvalue weighted by Gasteiger charge is 2.24. The average molecular weight is 381 g/mol. The summed E-state index contributed by atoms with van der Waals surface area (Å²) in [6.07, 6.45) is 3.67. The van der Waals surface area contributed by atoms with Crippen LogP contribution in [-0.2, 0) is 4.74 Å². The van der Waals surface area contributed by atoms with E-state index in [1.54, 1.807) is 19.9 Å². The molecule has 1 amide bonds. The summed E-state index contributed by atoms with van der Waals surface area (Å²) in [6, 6.07) is 9.65. The zero-order valence-corrected chi connectivity index (χ0v) is 15.8. The van der Waals surface area contributed by atoms with Crippen LogP contribution in [0.15, 0.2) is 30.3 Å². The number of fused-ring (bicyclic) bond motifs is 1. The summed E-state index contributed by atoms with van der Waals surface area (Å²) in [7, 11) is 0. The Morgan fingerprint density at radius 1 is 1.22 bits per heavy atom. The van der Waals surface area contributed by atoms with Crippen LogP contribution in [0.5, 0.6) is 0 Å². The summed E-state index contributed by atoms with van der Waals surface area (Å²) in [5, 5.41) is 0.537. The third-order valence-electron chi connectivity index (χ3n) is 4.04. The zero-order chi connectivity index (χ0) is 19.6. The van der Waals surface area contributed by atoms with Crippen molar-refractivity contribution in [3.05, 3.63) is 57.6 Å². The Bertz CT molecular complexity index is 1060. The van der Waals surface area contributed by atoms with Gasteiger partial charge in [-0.3, -0.25) is 4.79 Å². The number of anilines is 1. The molecule has 0 aliphatic rings. The van der Waals surface area contributed by atoms with Crippen molar-refractivity contribution in [3.8, 4) is 0 Å². The number of ether oxygens (including phenoxy) is 1. The van der Waals surface area contributed by atoms with Crippen molar-refractivity contribution in [1.29, 1.82) is 0 Å². The SMILES string of the molecule is CCOC(=O)c1c(C)nc2sc(C(N)=O)c(N)c2c1C=Cc1ccccc1. The molecule has 2 heterocycles. The summed E-state index contributed by atoms with van der Waals surface area (Å²) in [5.74, 6) is -1.10. The number of aryl methyl sites for hydroxylation is 1. The van der Waals surface area contributed by atoms with Crippen LogP contribution in [0.4, 0.5) is 5.69 Å². The largest absolute Gasteiger partial charge is 0.462 e. The van der Waals surface area contributed by atoms with Crippen LogP contribution in [0, 0.1) is 6.92 Å². The first-order valence-corrected chi connectivity index (χ1v) is 9.18. The van der Waals surface area contributed by atoms with E-state index in [0.29, 0.717) is 27.0 Å². The van der Waals surface area contributed by atoms with E-state index in [1.165, 1.54) is 0 Å². The first kappa shape index (κ1) is 18.6. The Kier molecular flexibility index (Phi) is 5.23. The van der Waals surface area contributed by atoms with Gasteiger partial charge in [0.25, 0.3) is 5.91 Å². The van der Waals surface area contributed by atoms with Crippen molar-refractivity contribution >= 4 is 51.3 Å². The maximum atomic E-state index is 12.6. The van der Waals surface area contributed by atoms with Gasteiger partial charge in [0.15, 0.2) is 0 Å². The maximum absolute atomic E-state index is 12.6. The van der Waals surface area contributed by atoms with Crippen LogP contribution in [0.1, 0.15) is 43.8 Å². The van der Waals surface area contributed by atoms with Crippen molar-refractivity contribution in [1.82, 2.24) is 4.98 Å². The number of carbonyl (C=O) groups excluding carboxylic acids is 2. The van der Waals surface area contributed by atoms with Gasteiger partial charge in [-0.05, 0) is 19.4 Å². The molecule has 7 heteroatoms. The number of nitrogens with zero attached hydrogens (tertiary/aromatic N) is 1. The van der Waals surface area contributed by atoms with Gasteiger partial charge >= 0.3 is 5.97 Å². The van der Waals surface area contributed by atoms with Crippen LogP contribution < -0.4 is 11.5 Å². The quantitative estimate of drug-likeness (QED) is 0.656. The number of pyridine rings is 1. The third kappa shape index (κ3) is 3.54. The van der Waals surface area contributed by atoms with Crippen LogP contribution in [0.3, 0.4) is 0 Å². The van der Waals surface area contributed by atoms with E-state index in [2.05, 4.69) is 4.98 Å². The van der Waals surface area contributed by atoms with Gasteiger partial charge in [0, 0.05) is 10.9 Å². The molecule has 3 rings (SSSR count). The smallest absolute Gasteiger partial charge is 0.340 e. The van der Waals surface area contributed by atoms with E-state index in [-0.39, 0.29) is 17.2 Å². The summed E-state index contributed by atoms with van der Waals surface area (Å²) >= 11 is 1.12. The number of aromatic nitrogens is 1. The molecule has 1 aromatic carbocycles. The minimum Gasteiger partial charge on any atom is -0.462 e. The molecule has 27 heavy (non-hydrogen) atoms. The Balaban J connectivity index is 2.30. The van der Waals surface area contributed by atoms with Gasteiger partial charge in [0.1, 0.15) is 9.71 Å². The number of amides is 1. The maximum Gasteiger partial charge on any atom is 0.340 e. The van der Waals surface area contributed by atoms with Gasteiger partial charge < -0.3 is 16.2 Å². The molecule has 6 nitrogen and oxygen atoms in total. The zero-order valence-electron chi connectivity index (χ0n) is 15.0. The molecule has 0 aliphatic carbocycles. The number of thiophene rings is 1. The number of benzene rings is 1. The molecule has 0 saturated carbocycles. The lowest BCUT2D eigenvalue weighted by Crippen LogP contribution is -2.12. The lowest BCUT2D eigenvalue weighted by molar-refractivity contribution is 0.0525. The topological polar surface area (TPSA) is 108 Å². The molecule has 4 N–H and O–H groups in total. The van der Waals surface area contributed by atoms with Gasteiger partial charge in [0.2, 0.25) is 0 Å². The number of nitrogens with two attached hydrogens (primary N) is 2. The minimum absolute atomic E-state index is 0.229. The van der Waals surface area contributed by atoms with Crippen molar-refractivity contribution in [2.24, 2.45) is 5.73 Å². The molecule has 0 fully saturated rings. The van der Waals surface area contributed by atoms with Crippen molar-refractivity contribution < 1.29 is 14.3 Å². The van der Waals surface area contributed by atoms with Gasteiger partial charge in [-0.2, -0.15) is 0 Å². The fourth-order valence-corrected chi connectivity index (χ4v) is 3.86. The Hall–Kier alpha value is -3.19. The predicted molar refractivity (Wildman–Crippen MR) is 109 cm³/mol. The van der Waals surface area contributed by atoms with Gasteiger partial charge in [-0.25, -0.2) is 9.78 Å². The van der Waals surface area contributed by atoms with E-state index in [0.717, 1.165) is 16.9 Å². The van der Waals surface area contributed by atoms with E-state index < -0.39 is 11.9 Å². The molecule has 0 bridgehead atoms. The van der Waals surface area contributed by atoms with E-state index >= 15 is 0 Å². The molecule has 2 aromatic heterocycles. The number of carbonyl (C=O) groups is 2. The number of nitrogen functional groups attached to an aromatic ring is 1. The lowest BCUT2D eigenvalue weighted by Gasteiger charge is -2.11. The number of rotatable bonds is 5. The third-order valence-corrected chi connectivity index (χ3v) is 5.16. The summed E-state index contributed by atoms with van der Waals surface area (Å²) < 4.78 is 5.20. The van der Waals surface area contributed by atoms with E-state index in [4.69, 9.17) is 16.2 Å². The lowest BCUT2D eigenvalue weighted by atomic mass is 10.0. The molecule has 0 saturated heterocycles. The second-order valence-corrected chi connectivity index (χ2v) is 6.84. The predicted octanol–water partition coefficient (Wildman–Crippen LogP) is 3.63. The van der Waals surface area contributed by atoms with Crippen LogP contribution >= 0.6 is 11.3 Å². The first-order chi connectivity index (χ1) is 12.9. The molecule has 0 unspecified atom stereocenters. The van der Waals surface area contributed by atoms with Crippen LogP contribution in [0.2, 0.25) is 0 Å². The highest BCUT2D eigenvalue weighted by molar-refractivity contribution is 7.21. The molecule has 0 radical (unpaired) electrons. The van der Waals surface area contributed by atoms with Crippen LogP contribution in [0.25, 0.3) is 22.4 Å². The monoisotopic (exact) mass is 381 g/mol. The average Bonchev–Trinajstić information content (AvgIpc) is 2.97. The van der Waals surface area contributed by atoms with Crippen molar-refractivity contribution in [3.63, 3.8) is 0 Å². The van der Waals surface area contributed by atoms with Crippen molar-refractivity contribution in [2.45, 2.75) is 13.8 Å². The summed E-state index contributed by atoms with van der Waals surface area (Å²) in [6.45, 7) is 3.71. The molecule has 3 aromatic rings. The summed E-state index contributed by atoms with van der Waals surface area (Å²) in [4.78, 5) is 29.5. The fourth-order valence-electron chi connectivity index (χ4n) is 2.85. The van der Waals surface area contributed by atoms with E-state index in [9.17, 15) is 9.59 Å². The van der Waals surface area contributed by atoms with Gasteiger partial charge in [-0.15, -0.1) is 11.3 Å². The number of hydrogen-bond donors (Lipinski definition) is 2. The molecular weight excluding hydrogens is 362 g/mol. The highest BCUT2D eigenvalue weighted by Crippen LogP contribution is 2.38. The second-order valence-electron chi connectivity index (χ2n) is 5.84. The van der Waals surface area contributed by atoms with Crippen LogP contribution in [-0.4, -0.2) is 23.5 Å². The Morgan fingerprint density at radius 3 is 2.56 bits per heavy atom. The summed E-state index contributed by atoms with van der Waals surface area (Å²) in [5.41, 5.74) is 14.2. The molecular formula is C20H19N3O3S. The van der Waals surface area contributed by atoms with Crippen molar-refractivity contribution in [2.75, 3.05) is 12.3 Å². The molecule has 0 spiro atoms. The number of esters is 1. The molecule has 138 valence electrons. The van der Waals surface area contributed by atoms with Gasteiger partial charge in [0.05, 0.1) is 23.6 Å². The fraction of sp³-hybridized carbons (Fsp3) is 0.150. The van der Waals surface area contributed by atoms with Gasteiger partial charge in [-0.1, -0.05) is 42.5 Å². The number of primary amides is 1. The normalized spacial score (nSPS) is 11.2. The first-order valence-electron chi connectivity index (χ1n) is 8.36. The number of hydrogen-bond acceptors (Lipinski definition) is 6. The standard InChI is InChI=1S/C20H19N3O3S/c1-3-26-20(25)14-11(2)23-19-15(16(21)17(27-19)18(22)24)13(14)10-9-12-7-5-4-6-8-12/h4-10H,3,21H2,1-2H3,(H2,22,24). The minimum atomic E-state index is -0.621. The molecule has 0 atom stereocenters. The van der Waals surface area contributed by atoms with E-state index in [1.807, 2.05) is 36.4 Å². The second kappa shape index (κ2) is 7.59. The molecule has 0 aliphatic heterocycles.